The van der Waals surface area contributed by atoms with Crippen molar-refractivity contribution in [2.24, 2.45) is 0 Å². The lowest BCUT2D eigenvalue weighted by molar-refractivity contribution is 0.534. The Morgan fingerprint density at radius 1 is 1.14 bits per heavy atom. The quantitative estimate of drug-likeness (QED) is 0.692. The van der Waals surface area contributed by atoms with Gasteiger partial charge in [0.25, 0.3) is 0 Å². The van der Waals surface area contributed by atoms with Crippen LogP contribution in [0.5, 0.6) is 0 Å². The van der Waals surface area contributed by atoms with Crippen LogP contribution in [0.1, 0.15) is 11.6 Å². The van der Waals surface area contributed by atoms with Gasteiger partial charge in [0.05, 0.1) is 5.69 Å². The topological polar surface area (TPSA) is 26.0 Å². The molecule has 0 fully saturated rings. The predicted octanol–water partition coefficient (Wildman–Crippen LogP) is 3.10. The standard InChI is InChI=1S/C11H10FNO/c1-7-11(14-8(2)13-7)9-3-5-10(12)6-4-9/h3-6H,1-2H3. The van der Waals surface area contributed by atoms with Gasteiger partial charge >= 0.3 is 0 Å². The number of aryl methyl sites for hydroxylation is 2. The van der Waals surface area contributed by atoms with Crippen molar-refractivity contribution in [2.45, 2.75) is 13.8 Å². The number of oxazole rings is 1. The molecule has 14 heavy (non-hydrogen) atoms. The minimum Gasteiger partial charge on any atom is -0.441 e. The molecular weight excluding hydrogens is 181 g/mol. The van der Waals surface area contributed by atoms with Crippen LogP contribution in [0.4, 0.5) is 4.39 Å². The zero-order chi connectivity index (χ0) is 10.1. The number of benzene rings is 1. The van der Waals surface area contributed by atoms with Gasteiger partial charge in [-0.05, 0) is 31.2 Å². The van der Waals surface area contributed by atoms with Crippen LogP contribution in [0, 0.1) is 19.7 Å². The summed E-state index contributed by atoms with van der Waals surface area (Å²) in [5, 5.41) is 0. The third-order valence-electron chi connectivity index (χ3n) is 2.01. The van der Waals surface area contributed by atoms with Crippen LogP contribution in [0.15, 0.2) is 28.7 Å². The Morgan fingerprint density at radius 3 is 2.29 bits per heavy atom. The number of hydrogen-bond donors (Lipinski definition) is 0. The smallest absolute Gasteiger partial charge is 0.192 e. The van der Waals surface area contributed by atoms with Crippen molar-refractivity contribution in [3.05, 3.63) is 41.7 Å². The summed E-state index contributed by atoms with van der Waals surface area (Å²) in [5.74, 6) is 1.09. The SMILES string of the molecule is Cc1nc(C)c(-c2ccc(F)cc2)o1. The van der Waals surface area contributed by atoms with E-state index in [1.165, 1.54) is 12.1 Å². The summed E-state index contributed by atoms with van der Waals surface area (Å²) < 4.78 is 18.1. The molecule has 72 valence electrons. The van der Waals surface area contributed by atoms with Crippen LogP contribution in [0.3, 0.4) is 0 Å². The maximum Gasteiger partial charge on any atom is 0.192 e. The minimum absolute atomic E-state index is 0.248. The van der Waals surface area contributed by atoms with E-state index in [1.807, 2.05) is 6.92 Å². The molecule has 0 N–H and O–H groups in total. The number of halogens is 1. The van der Waals surface area contributed by atoms with E-state index in [-0.39, 0.29) is 5.82 Å². The zero-order valence-corrected chi connectivity index (χ0v) is 8.04. The molecule has 0 aliphatic heterocycles. The molecule has 0 aliphatic rings. The third-order valence-corrected chi connectivity index (χ3v) is 2.01. The number of rotatable bonds is 1. The lowest BCUT2D eigenvalue weighted by Crippen LogP contribution is -1.79. The van der Waals surface area contributed by atoms with Gasteiger partial charge in [0, 0.05) is 12.5 Å². The number of aromatic nitrogens is 1. The van der Waals surface area contributed by atoms with Gasteiger partial charge in [0.1, 0.15) is 5.82 Å². The van der Waals surface area contributed by atoms with E-state index in [2.05, 4.69) is 4.98 Å². The van der Waals surface area contributed by atoms with E-state index in [9.17, 15) is 4.39 Å². The van der Waals surface area contributed by atoms with Crippen molar-refractivity contribution in [3.8, 4) is 11.3 Å². The molecule has 0 spiro atoms. The first-order chi connectivity index (χ1) is 6.66. The van der Waals surface area contributed by atoms with Gasteiger partial charge in [-0.3, -0.25) is 0 Å². The van der Waals surface area contributed by atoms with Crippen molar-refractivity contribution in [3.63, 3.8) is 0 Å². The van der Waals surface area contributed by atoms with Crippen molar-refractivity contribution >= 4 is 0 Å². The zero-order valence-electron chi connectivity index (χ0n) is 8.04. The Hall–Kier alpha value is -1.64. The van der Waals surface area contributed by atoms with E-state index in [4.69, 9.17) is 4.42 Å². The van der Waals surface area contributed by atoms with Gasteiger partial charge in [0.15, 0.2) is 11.7 Å². The first-order valence-electron chi connectivity index (χ1n) is 4.37. The fourth-order valence-electron chi connectivity index (χ4n) is 1.40. The molecule has 1 aromatic carbocycles. The van der Waals surface area contributed by atoms with Crippen molar-refractivity contribution < 1.29 is 8.81 Å². The predicted molar refractivity (Wildman–Crippen MR) is 51.4 cm³/mol. The second-order valence-electron chi connectivity index (χ2n) is 3.15. The molecule has 0 radical (unpaired) electrons. The molecule has 0 unspecified atom stereocenters. The Balaban J connectivity index is 2.49. The fraction of sp³-hybridized carbons (Fsp3) is 0.182. The van der Waals surface area contributed by atoms with Crippen molar-refractivity contribution in [2.75, 3.05) is 0 Å². The summed E-state index contributed by atoms with van der Waals surface area (Å²) in [7, 11) is 0. The summed E-state index contributed by atoms with van der Waals surface area (Å²) in [5.41, 5.74) is 1.68. The third kappa shape index (κ3) is 1.53. The lowest BCUT2D eigenvalue weighted by Gasteiger charge is -1.96. The first kappa shape index (κ1) is 8.94. The highest BCUT2D eigenvalue weighted by atomic mass is 19.1. The summed E-state index contributed by atoms with van der Waals surface area (Å²) in [6, 6.07) is 6.18. The van der Waals surface area contributed by atoms with E-state index < -0.39 is 0 Å². The van der Waals surface area contributed by atoms with E-state index in [0.29, 0.717) is 11.7 Å². The second kappa shape index (κ2) is 3.25. The first-order valence-corrected chi connectivity index (χ1v) is 4.37. The highest BCUT2D eigenvalue weighted by Crippen LogP contribution is 2.24. The van der Waals surface area contributed by atoms with Gasteiger partial charge in [-0.15, -0.1) is 0 Å². The van der Waals surface area contributed by atoms with Gasteiger partial charge in [-0.1, -0.05) is 0 Å². The largest absolute Gasteiger partial charge is 0.441 e. The Morgan fingerprint density at radius 2 is 1.79 bits per heavy atom. The number of nitrogens with zero attached hydrogens (tertiary/aromatic N) is 1. The molecule has 0 atom stereocenters. The lowest BCUT2D eigenvalue weighted by atomic mass is 10.1. The summed E-state index contributed by atoms with van der Waals surface area (Å²) >= 11 is 0. The van der Waals surface area contributed by atoms with E-state index >= 15 is 0 Å². The van der Waals surface area contributed by atoms with Gasteiger partial charge < -0.3 is 4.42 Å². The minimum atomic E-state index is -0.248. The summed E-state index contributed by atoms with van der Waals surface area (Å²) in [4.78, 5) is 4.15. The van der Waals surface area contributed by atoms with Gasteiger partial charge in [-0.25, -0.2) is 9.37 Å². The highest BCUT2D eigenvalue weighted by molar-refractivity contribution is 5.59. The Kier molecular flexibility index (Phi) is 2.08. The van der Waals surface area contributed by atoms with Gasteiger partial charge in [0.2, 0.25) is 0 Å². The summed E-state index contributed by atoms with van der Waals surface area (Å²) in [6.07, 6.45) is 0. The van der Waals surface area contributed by atoms with Crippen molar-refractivity contribution in [1.82, 2.24) is 4.98 Å². The van der Waals surface area contributed by atoms with Crippen LogP contribution in [0.2, 0.25) is 0 Å². The van der Waals surface area contributed by atoms with E-state index in [0.717, 1.165) is 11.3 Å². The molecule has 1 heterocycles. The van der Waals surface area contributed by atoms with Crippen LogP contribution < -0.4 is 0 Å². The second-order valence-corrected chi connectivity index (χ2v) is 3.15. The molecule has 2 rings (SSSR count). The molecule has 0 bridgehead atoms. The normalized spacial score (nSPS) is 10.5. The Bertz CT molecular complexity index is 445. The van der Waals surface area contributed by atoms with Crippen molar-refractivity contribution in [1.29, 1.82) is 0 Å². The van der Waals surface area contributed by atoms with Gasteiger partial charge in [-0.2, -0.15) is 0 Å². The Labute approximate surface area is 81.4 Å². The highest BCUT2D eigenvalue weighted by Gasteiger charge is 2.08. The number of hydrogen-bond acceptors (Lipinski definition) is 2. The molecule has 0 amide bonds. The van der Waals surface area contributed by atoms with Crippen LogP contribution in [-0.2, 0) is 0 Å². The monoisotopic (exact) mass is 191 g/mol. The molecule has 0 aliphatic carbocycles. The van der Waals surface area contributed by atoms with Crippen LogP contribution >= 0.6 is 0 Å². The maximum absolute atomic E-state index is 12.7. The van der Waals surface area contributed by atoms with Crippen LogP contribution in [0.25, 0.3) is 11.3 Å². The molecule has 0 saturated carbocycles. The molecule has 2 aromatic rings. The van der Waals surface area contributed by atoms with E-state index in [1.54, 1.807) is 19.1 Å². The molecule has 3 heteroatoms. The fourth-order valence-corrected chi connectivity index (χ4v) is 1.40. The van der Waals surface area contributed by atoms with Crippen LogP contribution in [-0.4, -0.2) is 4.98 Å². The average Bonchev–Trinajstić information content (AvgIpc) is 2.47. The summed E-state index contributed by atoms with van der Waals surface area (Å²) in [6.45, 7) is 3.66. The molecule has 0 saturated heterocycles. The molecule has 1 aromatic heterocycles. The average molecular weight is 191 g/mol. The molecule has 2 nitrogen and oxygen atoms in total. The molecular formula is C11H10FNO. The maximum atomic E-state index is 12.7.